The van der Waals surface area contributed by atoms with Gasteiger partial charge in [-0.1, -0.05) is 32.0 Å². The molecule has 5 heteroatoms. The zero-order valence-corrected chi connectivity index (χ0v) is 15.4. The minimum Gasteiger partial charge on any atom is -0.483 e. The van der Waals surface area contributed by atoms with Crippen molar-refractivity contribution < 1.29 is 9.53 Å². The zero-order chi connectivity index (χ0) is 16.2. The van der Waals surface area contributed by atoms with Crippen LogP contribution in [0.4, 0.5) is 0 Å². The lowest BCUT2D eigenvalue weighted by atomic mass is 9.98. The Bertz CT molecular complexity index is 540. The maximum atomic E-state index is 12.2. The highest BCUT2D eigenvalue weighted by Gasteiger charge is 2.33. The minimum atomic E-state index is -0.00439. The number of fused-ring (bicyclic) bond motifs is 2. The van der Waals surface area contributed by atoms with Gasteiger partial charge in [0.15, 0.2) is 6.61 Å². The molecule has 2 aliphatic heterocycles. The first-order chi connectivity index (χ1) is 11.2. The van der Waals surface area contributed by atoms with Crippen molar-refractivity contribution in [3.8, 4) is 5.75 Å². The molecule has 2 N–H and O–H groups in total. The molecule has 1 amide bonds. The summed E-state index contributed by atoms with van der Waals surface area (Å²) in [5, 5.41) is 6.74. The lowest BCUT2D eigenvalue weighted by Crippen LogP contribution is -2.49. The van der Waals surface area contributed by atoms with Crippen molar-refractivity contribution in [3.63, 3.8) is 0 Å². The summed E-state index contributed by atoms with van der Waals surface area (Å²) in [7, 11) is 0. The molecular formula is C19H29ClN2O2. The highest BCUT2D eigenvalue weighted by molar-refractivity contribution is 5.85. The third-order valence-electron chi connectivity index (χ3n) is 5.26. The summed E-state index contributed by atoms with van der Waals surface area (Å²) in [5.74, 6) is 1.27. The summed E-state index contributed by atoms with van der Waals surface area (Å²) >= 11 is 0. The molecule has 0 aliphatic carbocycles. The number of amides is 1. The Balaban J connectivity index is 0.00000208. The Hall–Kier alpha value is -1.26. The Morgan fingerprint density at radius 1 is 1.29 bits per heavy atom. The fourth-order valence-electron chi connectivity index (χ4n) is 3.83. The molecule has 0 aromatic heterocycles. The lowest BCUT2D eigenvalue weighted by molar-refractivity contribution is -0.124. The van der Waals surface area contributed by atoms with Crippen LogP contribution in [-0.2, 0) is 4.79 Å². The predicted molar refractivity (Wildman–Crippen MR) is 99.0 cm³/mol. The summed E-state index contributed by atoms with van der Waals surface area (Å²) < 4.78 is 5.81. The van der Waals surface area contributed by atoms with Crippen LogP contribution in [0.5, 0.6) is 5.75 Å². The van der Waals surface area contributed by atoms with Crippen molar-refractivity contribution in [2.45, 2.75) is 70.0 Å². The van der Waals surface area contributed by atoms with Crippen molar-refractivity contribution in [1.82, 2.24) is 10.6 Å². The van der Waals surface area contributed by atoms with Crippen molar-refractivity contribution in [2.75, 3.05) is 6.61 Å². The second-order valence-corrected chi connectivity index (χ2v) is 7.01. The summed E-state index contributed by atoms with van der Waals surface area (Å²) in [6, 6.07) is 9.51. The lowest BCUT2D eigenvalue weighted by Gasteiger charge is -2.29. The van der Waals surface area contributed by atoms with Gasteiger partial charge in [-0.05, 0) is 49.7 Å². The largest absolute Gasteiger partial charge is 0.483 e. The van der Waals surface area contributed by atoms with E-state index in [0.29, 0.717) is 24.0 Å². The van der Waals surface area contributed by atoms with Gasteiger partial charge in [0.05, 0.1) is 0 Å². The maximum Gasteiger partial charge on any atom is 0.258 e. The van der Waals surface area contributed by atoms with Crippen molar-refractivity contribution in [3.05, 3.63) is 29.8 Å². The van der Waals surface area contributed by atoms with Crippen LogP contribution in [0, 0.1) is 0 Å². The van der Waals surface area contributed by atoms with Crippen LogP contribution in [0.25, 0.3) is 0 Å². The highest BCUT2D eigenvalue weighted by atomic mass is 35.5. The van der Waals surface area contributed by atoms with Gasteiger partial charge >= 0.3 is 0 Å². The molecule has 0 radical (unpaired) electrons. The van der Waals surface area contributed by atoms with Gasteiger partial charge in [0.25, 0.3) is 5.91 Å². The SMILES string of the molecule is CCC(C)c1ccccc1OCC(=O)NC1CC2CCC(C1)N2.Cl. The van der Waals surface area contributed by atoms with E-state index in [9.17, 15) is 4.79 Å². The van der Waals surface area contributed by atoms with Crippen LogP contribution < -0.4 is 15.4 Å². The molecule has 2 fully saturated rings. The Kier molecular flexibility index (Phi) is 6.93. The first-order valence-corrected chi connectivity index (χ1v) is 8.92. The second kappa shape index (κ2) is 8.72. The molecule has 2 aliphatic rings. The average Bonchev–Trinajstić information content (AvgIpc) is 2.91. The summed E-state index contributed by atoms with van der Waals surface area (Å²) in [6.07, 6.45) is 5.65. The number of para-hydroxylation sites is 1. The third-order valence-corrected chi connectivity index (χ3v) is 5.26. The summed E-state index contributed by atoms with van der Waals surface area (Å²) in [6.45, 7) is 4.46. The number of ether oxygens (including phenoxy) is 1. The van der Waals surface area contributed by atoms with Crippen molar-refractivity contribution in [2.24, 2.45) is 0 Å². The first kappa shape index (κ1) is 19.1. The van der Waals surface area contributed by atoms with E-state index < -0.39 is 0 Å². The molecule has 134 valence electrons. The van der Waals surface area contributed by atoms with Gasteiger partial charge in [0.1, 0.15) is 5.75 Å². The van der Waals surface area contributed by atoms with E-state index in [0.717, 1.165) is 25.0 Å². The monoisotopic (exact) mass is 352 g/mol. The summed E-state index contributed by atoms with van der Waals surface area (Å²) in [4.78, 5) is 12.2. The quantitative estimate of drug-likeness (QED) is 0.825. The fraction of sp³-hybridized carbons (Fsp3) is 0.632. The van der Waals surface area contributed by atoms with E-state index in [2.05, 4.69) is 30.5 Å². The molecule has 3 atom stereocenters. The molecule has 2 bridgehead atoms. The van der Waals surface area contributed by atoms with Gasteiger partial charge in [-0.25, -0.2) is 0 Å². The van der Waals surface area contributed by atoms with E-state index in [1.54, 1.807) is 0 Å². The maximum absolute atomic E-state index is 12.2. The number of piperidine rings is 1. The molecule has 1 aromatic rings. The van der Waals surface area contributed by atoms with Crippen molar-refractivity contribution >= 4 is 18.3 Å². The van der Waals surface area contributed by atoms with Crippen molar-refractivity contribution in [1.29, 1.82) is 0 Å². The van der Waals surface area contributed by atoms with E-state index in [4.69, 9.17) is 4.74 Å². The minimum absolute atomic E-state index is 0. The second-order valence-electron chi connectivity index (χ2n) is 7.01. The summed E-state index contributed by atoms with van der Waals surface area (Å²) in [5.41, 5.74) is 1.18. The van der Waals surface area contributed by atoms with Crippen LogP contribution in [0.15, 0.2) is 24.3 Å². The number of carbonyl (C=O) groups is 1. The highest BCUT2D eigenvalue weighted by Crippen LogP contribution is 2.29. The van der Waals surface area contributed by atoms with Crippen LogP contribution in [0.1, 0.15) is 57.4 Å². The van der Waals surface area contributed by atoms with Gasteiger partial charge in [-0.3, -0.25) is 4.79 Å². The fourth-order valence-corrected chi connectivity index (χ4v) is 3.83. The third kappa shape index (κ3) is 4.64. The Morgan fingerprint density at radius 2 is 1.96 bits per heavy atom. The van der Waals surface area contributed by atoms with Crippen LogP contribution in [0.3, 0.4) is 0 Å². The first-order valence-electron chi connectivity index (χ1n) is 8.92. The number of benzene rings is 1. The van der Waals surface area contributed by atoms with E-state index in [1.807, 2.05) is 18.2 Å². The van der Waals surface area contributed by atoms with E-state index >= 15 is 0 Å². The molecule has 2 heterocycles. The molecule has 1 aromatic carbocycles. The number of nitrogens with one attached hydrogen (secondary N) is 2. The number of hydrogen-bond donors (Lipinski definition) is 2. The van der Waals surface area contributed by atoms with Gasteiger partial charge in [-0.2, -0.15) is 0 Å². The molecule has 4 nitrogen and oxygen atoms in total. The van der Waals surface area contributed by atoms with E-state index in [-0.39, 0.29) is 24.9 Å². The number of rotatable bonds is 6. The molecule has 2 saturated heterocycles. The smallest absolute Gasteiger partial charge is 0.258 e. The standard InChI is InChI=1S/C19H28N2O2.ClH/c1-3-13(2)17-6-4-5-7-18(17)23-12-19(22)21-16-10-14-8-9-15(11-16)20-14;/h4-7,13-16,20H,3,8-12H2,1-2H3,(H,21,22);1H. The normalized spacial score (nSPS) is 26.3. The molecule has 0 spiro atoms. The molecular weight excluding hydrogens is 324 g/mol. The van der Waals surface area contributed by atoms with E-state index in [1.165, 1.54) is 18.4 Å². The Labute approximate surface area is 151 Å². The van der Waals surface area contributed by atoms with Crippen LogP contribution in [-0.4, -0.2) is 30.6 Å². The van der Waals surface area contributed by atoms with Gasteiger partial charge < -0.3 is 15.4 Å². The predicted octanol–water partition coefficient (Wildman–Crippen LogP) is 3.40. The molecule has 3 rings (SSSR count). The van der Waals surface area contributed by atoms with Crippen LogP contribution >= 0.6 is 12.4 Å². The average molecular weight is 353 g/mol. The number of hydrogen-bond acceptors (Lipinski definition) is 3. The number of carbonyl (C=O) groups excluding carboxylic acids is 1. The molecule has 3 unspecified atom stereocenters. The van der Waals surface area contributed by atoms with Gasteiger partial charge in [0.2, 0.25) is 0 Å². The van der Waals surface area contributed by atoms with Gasteiger partial charge in [0, 0.05) is 18.1 Å². The Morgan fingerprint density at radius 3 is 2.62 bits per heavy atom. The topological polar surface area (TPSA) is 50.4 Å². The zero-order valence-electron chi connectivity index (χ0n) is 14.6. The molecule has 24 heavy (non-hydrogen) atoms. The van der Waals surface area contributed by atoms with Crippen LogP contribution in [0.2, 0.25) is 0 Å². The van der Waals surface area contributed by atoms with Gasteiger partial charge in [-0.15, -0.1) is 12.4 Å². The number of halogens is 1. The molecule has 0 saturated carbocycles.